The molecule has 0 heterocycles. The molecule has 0 aromatic heterocycles. The smallest absolute Gasteiger partial charge is 0.0386 e. The number of hydrogen-bond acceptors (Lipinski definition) is 0. The maximum Gasteiger partial charge on any atom is -0.0386 e. The first-order valence-corrected chi connectivity index (χ1v) is 9.47. The van der Waals surface area contributed by atoms with Gasteiger partial charge < -0.3 is 0 Å². The van der Waals surface area contributed by atoms with Gasteiger partial charge in [0, 0.05) is 0 Å². The Morgan fingerprint density at radius 2 is 0.579 bits per heavy atom. The Labute approximate surface area is 126 Å². The molecule has 0 bridgehead atoms. The molecule has 0 aliphatic heterocycles. The van der Waals surface area contributed by atoms with Crippen molar-refractivity contribution in [3.8, 4) is 0 Å². The molecule has 0 nitrogen and oxygen atoms in total. The monoisotopic (exact) mass is 274 g/mol. The van der Waals surface area contributed by atoms with E-state index in [-0.39, 0.29) is 0 Å². The summed E-state index contributed by atoms with van der Waals surface area (Å²) < 4.78 is 0. The zero-order valence-electron chi connectivity index (χ0n) is 16.1. The summed E-state index contributed by atoms with van der Waals surface area (Å²) in [6.07, 6.45) is 10.8. The fourth-order valence-corrected chi connectivity index (χ4v) is 2.69. The first-order chi connectivity index (χ1) is 9.47. The summed E-state index contributed by atoms with van der Waals surface area (Å²) in [6, 6.07) is 0. The van der Waals surface area contributed by atoms with Gasteiger partial charge in [0.25, 0.3) is 0 Å². The Bertz CT molecular complexity index is 84.2. The first kappa shape index (κ1) is 27.4. The third-order valence-corrected chi connectivity index (χ3v) is 3.22. The zero-order valence-corrected chi connectivity index (χ0v) is 16.1. The van der Waals surface area contributed by atoms with Crippen molar-refractivity contribution in [2.24, 2.45) is 11.8 Å². The second kappa shape index (κ2) is 30.8. The van der Waals surface area contributed by atoms with Crippen molar-refractivity contribution in [2.75, 3.05) is 0 Å². The molecule has 0 radical (unpaired) electrons. The molecule has 2 saturated carbocycles. The van der Waals surface area contributed by atoms with E-state index in [1.165, 1.54) is 31.1 Å². The van der Waals surface area contributed by atoms with E-state index < -0.39 is 0 Å². The van der Waals surface area contributed by atoms with E-state index in [2.05, 4.69) is 0 Å². The van der Waals surface area contributed by atoms with Crippen LogP contribution in [0.15, 0.2) is 0 Å². The van der Waals surface area contributed by atoms with Gasteiger partial charge in [-0.2, -0.15) is 0 Å². The van der Waals surface area contributed by atoms with Crippen LogP contribution in [0.1, 0.15) is 114 Å². The molecule has 0 heteroatoms. The number of hydrogen-bond donors (Lipinski definition) is 0. The lowest BCUT2D eigenvalue weighted by atomic mass is 9.82. The zero-order chi connectivity index (χ0) is 16.1. The second-order valence-electron chi connectivity index (χ2n) is 3.74. The third-order valence-electron chi connectivity index (χ3n) is 3.22. The van der Waals surface area contributed by atoms with Crippen LogP contribution >= 0.6 is 0 Å². The van der Waals surface area contributed by atoms with Crippen LogP contribution in [0.5, 0.6) is 0 Å². The molecule has 0 aromatic rings. The summed E-state index contributed by atoms with van der Waals surface area (Å²) in [5.41, 5.74) is 0. The van der Waals surface area contributed by atoms with Gasteiger partial charge in [-0.05, 0) is 11.8 Å². The number of fused-ring (bicyclic) bond motifs is 1. The van der Waals surface area contributed by atoms with E-state index in [1.54, 1.807) is 25.7 Å². The van der Waals surface area contributed by atoms with Gasteiger partial charge >= 0.3 is 0 Å². The quantitative estimate of drug-likeness (QED) is 0.418. The average Bonchev–Trinajstić information content (AvgIpc) is 3.05. The molecule has 2 fully saturated rings. The second-order valence-corrected chi connectivity index (χ2v) is 3.74. The van der Waals surface area contributed by atoms with E-state index in [9.17, 15) is 0 Å². The Kier molecular flexibility index (Phi) is 44.3. The van der Waals surface area contributed by atoms with Gasteiger partial charge in [-0.15, -0.1) is 0 Å². The molecule has 2 rings (SSSR count). The van der Waals surface area contributed by atoms with Gasteiger partial charge in [0.15, 0.2) is 0 Å². The Morgan fingerprint density at radius 3 is 0.842 bits per heavy atom. The highest BCUT2D eigenvalue weighted by Crippen LogP contribution is 2.41. The summed E-state index contributed by atoms with van der Waals surface area (Å²) in [7, 11) is 0. The summed E-state index contributed by atoms with van der Waals surface area (Å²) in [4.78, 5) is 0. The minimum absolute atomic E-state index is 1.17. The fraction of sp³-hybridized carbons (Fsp3) is 1.00. The lowest BCUT2D eigenvalue weighted by Crippen LogP contribution is -2.12. The lowest BCUT2D eigenvalue weighted by molar-refractivity contribution is 0.277. The minimum Gasteiger partial charge on any atom is -0.0683 e. The van der Waals surface area contributed by atoms with E-state index in [1.807, 2.05) is 69.2 Å². The van der Waals surface area contributed by atoms with Crippen molar-refractivity contribution >= 4 is 0 Å². The predicted octanol–water partition coefficient (Wildman–Crippen LogP) is 8.11. The highest BCUT2D eigenvalue weighted by molar-refractivity contribution is 4.80. The van der Waals surface area contributed by atoms with Gasteiger partial charge in [0.2, 0.25) is 0 Å². The van der Waals surface area contributed by atoms with Gasteiger partial charge in [0.1, 0.15) is 0 Å². The maximum absolute atomic E-state index is 2.00. The van der Waals surface area contributed by atoms with Crippen molar-refractivity contribution in [3.63, 3.8) is 0 Å². The van der Waals surface area contributed by atoms with Crippen LogP contribution in [0.3, 0.4) is 0 Å². The van der Waals surface area contributed by atoms with E-state index in [0.717, 1.165) is 0 Å². The summed E-state index contributed by atoms with van der Waals surface area (Å²) in [6.45, 7) is 20.0. The van der Waals surface area contributed by atoms with Crippen molar-refractivity contribution in [1.29, 1.82) is 0 Å². The maximum atomic E-state index is 2.00. The van der Waals surface area contributed by atoms with E-state index in [0.29, 0.717) is 0 Å². The van der Waals surface area contributed by atoms with Crippen molar-refractivity contribution in [3.05, 3.63) is 0 Å². The Morgan fingerprint density at radius 1 is 0.368 bits per heavy atom. The van der Waals surface area contributed by atoms with Crippen LogP contribution in [-0.4, -0.2) is 0 Å². The van der Waals surface area contributed by atoms with Gasteiger partial charge in [0.05, 0.1) is 0 Å². The standard InChI is InChI=1S/C9H16.5C2H6/c1-2-5-9-7-3-6-8(9)4-1;5*1-2/h8-9H,1-7H2;5*1-2H3. The molecule has 0 amide bonds. The summed E-state index contributed by atoms with van der Waals surface area (Å²) in [5, 5.41) is 0. The Balaban J connectivity index is -0.0000000971. The van der Waals surface area contributed by atoms with Gasteiger partial charge in [-0.1, -0.05) is 114 Å². The normalized spacial score (nSPS) is 21.8. The molecule has 0 spiro atoms. The molecule has 2 atom stereocenters. The fourth-order valence-electron chi connectivity index (χ4n) is 2.69. The third kappa shape index (κ3) is 15.9. The Hall–Kier alpha value is 0. The first-order valence-electron chi connectivity index (χ1n) is 9.47. The minimum atomic E-state index is 1.17. The summed E-state index contributed by atoms with van der Waals surface area (Å²) in [5.74, 6) is 2.33. The van der Waals surface area contributed by atoms with Crippen molar-refractivity contribution in [1.82, 2.24) is 0 Å². The van der Waals surface area contributed by atoms with Crippen LogP contribution in [0.25, 0.3) is 0 Å². The molecule has 0 N–H and O–H groups in total. The van der Waals surface area contributed by atoms with Crippen molar-refractivity contribution in [2.45, 2.75) is 114 Å². The molecule has 19 heavy (non-hydrogen) atoms. The lowest BCUT2D eigenvalue weighted by Gasteiger charge is -2.24. The topological polar surface area (TPSA) is 0 Å². The molecule has 0 saturated heterocycles. The molecule has 2 unspecified atom stereocenters. The van der Waals surface area contributed by atoms with Gasteiger partial charge in [-0.3, -0.25) is 0 Å². The molecule has 0 aromatic carbocycles. The van der Waals surface area contributed by atoms with Gasteiger partial charge in [-0.25, -0.2) is 0 Å². The van der Waals surface area contributed by atoms with Crippen LogP contribution in [0.4, 0.5) is 0 Å². The molecular formula is C19H46. The molecule has 2 aliphatic rings. The van der Waals surface area contributed by atoms with Crippen LogP contribution in [-0.2, 0) is 0 Å². The highest BCUT2D eigenvalue weighted by atomic mass is 14.3. The highest BCUT2D eigenvalue weighted by Gasteiger charge is 2.28. The average molecular weight is 275 g/mol. The van der Waals surface area contributed by atoms with E-state index in [4.69, 9.17) is 0 Å². The summed E-state index contributed by atoms with van der Waals surface area (Å²) >= 11 is 0. The molecular weight excluding hydrogens is 228 g/mol. The SMILES string of the molecule is C1CCC2CCCC2C1.CC.CC.CC.CC.CC. The van der Waals surface area contributed by atoms with E-state index >= 15 is 0 Å². The molecule has 2 aliphatic carbocycles. The van der Waals surface area contributed by atoms with Crippen molar-refractivity contribution < 1.29 is 0 Å². The van der Waals surface area contributed by atoms with Crippen LogP contribution in [0, 0.1) is 11.8 Å². The number of rotatable bonds is 0. The predicted molar refractivity (Wildman–Crippen MR) is 96.0 cm³/mol. The molecule has 122 valence electrons. The largest absolute Gasteiger partial charge is 0.0683 e. The van der Waals surface area contributed by atoms with Crippen LogP contribution in [0.2, 0.25) is 0 Å². The van der Waals surface area contributed by atoms with Crippen LogP contribution < -0.4 is 0 Å².